The number of rotatable bonds is 8. The number of carbonyl (C=O) groups is 3. The molecule has 2 aromatic carbocycles. The molecule has 0 aliphatic heterocycles. The molecule has 9 nitrogen and oxygen atoms in total. The van der Waals surface area contributed by atoms with Crippen LogP contribution in [0.25, 0.3) is 0 Å². The third-order valence-corrected chi connectivity index (χ3v) is 4.10. The first-order valence-electron chi connectivity index (χ1n) is 8.51. The van der Waals surface area contributed by atoms with Crippen molar-refractivity contribution >= 4 is 35.1 Å². The Hall–Kier alpha value is -3.46. The van der Waals surface area contributed by atoms with Crippen LogP contribution in [0.1, 0.15) is 22.8 Å². The number of nitro benzene ring substituents is 1. The molecule has 1 atom stereocenters. The molecule has 2 aromatic rings. The summed E-state index contributed by atoms with van der Waals surface area (Å²) in [6.45, 7) is 1.18. The van der Waals surface area contributed by atoms with Gasteiger partial charge in [-0.15, -0.1) is 0 Å². The topological polar surface area (TPSA) is 128 Å². The second kappa shape index (κ2) is 10.2. The SMILES string of the molecule is C[C@H](OC(=O)CNC(=O)c1ccc(Cl)c([N+](=O)[O-])c1)C(=O)NCc1ccccc1. The van der Waals surface area contributed by atoms with Gasteiger partial charge in [-0.3, -0.25) is 24.5 Å². The zero-order valence-corrected chi connectivity index (χ0v) is 16.1. The third-order valence-electron chi connectivity index (χ3n) is 3.79. The van der Waals surface area contributed by atoms with Crippen molar-refractivity contribution in [3.05, 3.63) is 74.8 Å². The minimum Gasteiger partial charge on any atom is -0.451 e. The van der Waals surface area contributed by atoms with E-state index in [1.54, 1.807) is 0 Å². The average molecular weight is 420 g/mol. The fourth-order valence-electron chi connectivity index (χ4n) is 2.27. The van der Waals surface area contributed by atoms with Crippen molar-refractivity contribution in [2.75, 3.05) is 6.54 Å². The summed E-state index contributed by atoms with van der Waals surface area (Å²) in [5.74, 6) is -2.03. The molecule has 0 radical (unpaired) electrons. The lowest BCUT2D eigenvalue weighted by Crippen LogP contribution is -2.38. The molecular weight excluding hydrogens is 402 g/mol. The monoisotopic (exact) mass is 419 g/mol. The lowest BCUT2D eigenvalue weighted by atomic mass is 10.2. The Labute approximate surface area is 171 Å². The summed E-state index contributed by atoms with van der Waals surface area (Å²) in [4.78, 5) is 46.0. The first kappa shape index (κ1) is 21.8. The highest BCUT2D eigenvalue weighted by molar-refractivity contribution is 6.32. The Bertz CT molecular complexity index is 919. The predicted molar refractivity (Wildman–Crippen MR) is 104 cm³/mol. The van der Waals surface area contributed by atoms with Crippen LogP contribution in [0, 0.1) is 10.1 Å². The van der Waals surface area contributed by atoms with E-state index < -0.39 is 41.0 Å². The van der Waals surface area contributed by atoms with Gasteiger partial charge in [-0.05, 0) is 24.6 Å². The van der Waals surface area contributed by atoms with Crippen LogP contribution in [0.2, 0.25) is 5.02 Å². The van der Waals surface area contributed by atoms with Crippen LogP contribution in [0.3, 0.4) is 0 Å². The summed E-state index contributed by atoms with van der Waals surface area (Å²) >= 11 is 5.69. The second-order valence-corrected chi connectivity index (χ2v) is 6.35. The number of nitrogens with one attached hydrogen (secondary N) is 2. The van der Waals surface area contributed by atoms with Crippen molar-refractivity contribution in [2.45, 2.75) is 19.6 Å². The van der Waals surface area contributed by atoms with Gasteiger partial charge < -0.3 is 15.4 Å². The fourth-order valence-corrected chi connectivity index (χ4v) is 2.46. The summed E-state index contributed by atoms with van der Waals surface area (Å²) in [6, 6.07) is 12.7. The molecule has 0 aliphatic rings. The average Bonchev–Trinajstić information content (AvgIpc) is 2.71. The van der Waals surface area contributed by atoms with Gasteiger partial charge in [0.15, 0.2) is 6.10 Å². The van der Waals surface area contributed by atoms with Crippen molar-refractivity contribution in [1.29, 1.82) is 0 Å². The maximum absolute atomic E-state index is 12.1. The number of hydrogen-bond donors (Lipinski definition) is 2. The number of esters is 1. The quantitative estimate of drug-likeness (QED) is 0.383. The van der Waals surface area contributed by atoms with E-state index in [1.807, 2.05) is 30.3 Å². The van der Waals surface area contributed by atoms with E-state index >= 15 is 0 Å². The van der Waals surface area contributed by atoms with Gasteiger partial charge in [-0.2, -0.15) is 0 Å². The molecule has 0 heterocycles. The van der Waals surface area contributed by atoms with Gasteiger partial charge in [-0.1, -0.05) is 41.9 Å². The second-order valence-electron chi connectivity index (χ2n) is 5.94. The first-order chi connectivity index (χ1) is 13.8. The summed E-state index contributed by atoms with van der Waals surface area (Å²) in [6.07, 6.45) is -1.06. The molecule has 152 valence electrons. The highest BCUT2D eigenvalue weighted by Crippen LogP contribution is 2.24. The molecule has 29 heavy (non-hydrogen) atoms. The summed E-state index contributed by atoms with van der Waals surface area (Å²) in [7, 11) is 0. The van der Waals surface area contributed by atoms with Crippen LogP contribution in [0.15, 0.2) is 48.5 Å². The van der Waals surface area contributed by atoms with E-state index in [0.717, 1.165) is 11.6 Å². The predicted octanol–water partition coefficient (Wildman–Crippen LogP) is 2.23. The maximum Gasteiger partial charge on any atom is 0.326 e. The Balaban J connectivity index is 1.81. The number of carbonyl (C=O) groups excluding carboxylic acids is 3. The number of nitro groups is 1. The van der Waals surface area contributed by atoms with Crippen molar-refractivity contribution in [2.24, 2.45) is 0 Å². The van der Waals surface area contributed by atoms with Crippen molar-refractivity contribution in [3.8, 4) is 0 Å². The van der Waals surface area contributed by atoms with Crippen LogP contribution in [-0.2, 0) is 20.9 Å². The van der Waals surface area contributed by atoms with Crippen molar-refractivity contribution in [3.63, 3.8) is 0 Å². The molecule has 0 unspecified atom stereocenters. The number of ether oxygens (including phenoxy) is 1. The number of benzene rings is 2. The first-order valence-corrected chi connectivity index (χ1v) is 8.89. The van der Waals surface area contributed by atoms with E-state index in [4.69, 9.17) is 16.3 Å². The molecule has 10 heteroatoms. The molecule has 0 spiro atoms. The summed E-state index contributed by atoms with van der Waals surface area (Å²) < 4.78 is 4.97. The normalized spacial score (nSPS) is 11.2. The van der Waals surface area contributed by atoms with Crippen LogP contribution < -0.4 is 10.6 Å². The Morgan fingerprint density at radius 3 is 2.48 bits per heavy atom. The number of nitrogens with zero attached hydrogens (tertiary/aromatic N) is 1. The molecular formula is C19H18ClN3O6. The van der Waals surface area contributed by atoms with E-state index in [-0.39, 0.29) is 17.1 Å². The maximum atomic E-state index is 12.1. The molecule has 0 aliphatic carbocycles. The molecule has 0 bridgehead atoms. The van der Waals surface area contributed by atoms with Gasteiger partial charge in [0, 0.05) is 18.2 Å². The highest BCUT2D eigenvalue weighted by atomic mass is 35.5. The fraction of sp³-hybridized carbons (Fsp3) is 0.211. The van der Waals surface area contributed by atoms with Crippen LogP contribution in [0.5, 0.6) is 0 Å². The minimum absolute atomic E-state index is 0.0393. The smallest absolute Gasteiger partial charge is 0.326 e. The number of halogens is 1. The zero-order chi connectivity index (χ0) is 21.4. The summed E-state index contributed by atoms with van der Waals surface area (Å²) in [5, 5.41) is 15.7. The molecule has 0 aromatic heterocycles. The van der Waals surface area contributed by atoms with Gasteiger partial charge in [0.25, 0.3) is 17.5 Å². The standard InChI is InChI=1S/C19H18ClN3O6/c1-12(18(25)21-10-13-5-3-2-4-6-13)29-17(24)11-22-19(26)14-7-8-15(20)16(9-14)23(27)28/h2-9,12H,10-11H2,1H3,(H,21,25)(H,22,26)/t12-/m0/s1. The van der Waals surface area contributed by atoms with E-state index in [1.165, 1.54) is 19.1 Å². The van der Waals surface area contributed by atoms with Gasteiger partial charge in [0.05, 0.1) is 4.92 Å². The minimum atomic E-state index is -1.06. The van der Waals surface area contributed by atoms with E-state index in [2.05, 4.69) is 10.6 Å². The van der Waals surface area contributed by atoms with Gasteiger partial charge >= 0.3 is 5.97 Å². The zero-order valence-electron chi connectivity index (χ0n) is 15.4. The Morgan fingerprint density at radius 1 is 1.14 bits per heavy atom. The summed E-state index contributed by atoms with van der Waals surface area (Å²) in [5.41, 5.74) is 0.428. The number of amides is 2. The molecule has 2 amide bonds. The highest BCUT2D eigenvalue weighted by Gasteiger charge is 2.19. The van der Waals surface area contributed by atoms with Crippen LogP contribution >= 0.6 is 11.6 Å². The van der Waals surface area contributed by atoms with Crippen molar-refractivity contribution < 1.29 is 24.0 Å². The van der Waals surface area contributed by atoms with E-state index in [9.17, 15) is 24.5 Å². The Kier molecular flexibility index (Phi) is 7.67. The molecule has 0 saturated carbocycles. The van der Waals surface area contributed by atoms with Gasteiger partial charge in [0.1, 0.15) is 11.6 Å². The molecule has 2 rings (SSSR count). The van der Waals surface area contributed by atoms with Crippen molar-refractivity contribution in [1.82, 2.24) is 10.6 Å². The third kappa shape index (κ3) is 6.58. The molecule has 0 saturated heterocycles. The van der Waals surface area contributed by atoms with Crippen LogP contribution in [-0.4, -0.2) is 35.4 Å². The lowest BCUT2D eigenvalue weighted by molar-refractivity contribution is -0.384. The van der Waals surface area contributed by atoms with Gasteiger partial charge in [-0.25, -0.2) is 0 Å². The Morgan fingerprint density at radius 2 is 1.83 bits per heavy atom. The molecule has 2 N–H and O–H groups in total. The molecule has 0 fully saturated rings. The van der Waals surface area contributed by atoms with Crippen LogP contribution in [0.4, 0.5) is 5.69 Å². The lowest BCUT2D eigenvalue weighted by Gasteiger charge is -2.14. The van der Waals surface area contributed by atoms with Gasteiger partial charge in [0.2, 0.25) is 0 Å². The van der Waals surface area contributed by atoms with E-state index in [0.29, 0.717) is 0 Å². The largest absolute Gasteiger partial charge is 0.451 e. The number of hydrogen-bond acceptors (Lipinski definition) is 6.